The number of H-pyrrole nitrogens is 1. The Balaban J connectivity index is 1.22. The van der Waals surface area contributed by atoms with Gasteiger partial charge in [0, 0.05) is 24.1 Å². The second-order valence-corrected chi connectivity index (χ2v) is 9.87. The van der Waals surface area contributed by atoms with Crippen LogP contribution in [-0.4, -0.2) is 53.3 Å². The van der Waals surface area contributed by atoms with Crippen LogP contribution in [0.25, 0.3) is 11.1 Å². The molecule has 1 aliphatic carbocycles. The van der Waals surface area contributed by atoms with Crippen LogP contribution in [0, 0.1) is 6.92 Å². The number of ether oxygens (including phenoxy) is 4. The number of carbonyl (C=O) groups is 1. The predicted octanol–water partition coefficient (Wildman–Crippen LogP) is 3.80. The molecule has 194 valence electrons. The van der Waals surface area contributed by atoms with Crippen LogP contribution in [0.1, 0.15) is 35.3 Å². The third kappa shape index (κ3) is 5.22. The van der Waals surface area contributed by atoms with Gasteiger partial charge in [-0.3, -0.25) is 14.3 Å². The van der Waals surface area contributed by atoms with Gasteiger partial charge in [-0.2, -0.15) is 0 Å². The van der Waals surface area contributed by atoms with Crippen LogP contribution < -0.4 is 11.2 Å². The van der Waals surface area contributed by atoms with Gasteiger partial charge in [-0.15, -0.1) is 11.8 Å². The van der Waals surface area contributed by atoms with Crippen molar-refractivity contribution >= 4 is 17.9 Å². The lowest BCUT2D eigenvalue weighted by Crippen LogP contribution is -2.33. The molecule has 1 N–H and O–H groups in total. The Morgan fingerprint density at radius 3 is 2.38 bits per heavy atom. The molecule has 0 bridgehead atoms. The number of fused-ring (bicyclic) bond motifs is 3. The SMILES string of the molecule is CSCO[C@H]1C[C@H](n2cc(C)c(=O)[nH]c2=O)O[C@@H]1COC(=O)OCC1c2ccccc2-c2ccccc21. The molecule has 1 fully saturated rings. The molecule has 0 amide bonds. The minimum Gasteiger partial charge on any atom is -0.433 e. The molecule has 2 aromatic carbocycles. The number of nitrogens with zero attached hydrogens (tertiary/aromatic N) is 1. The summed E-state index contributed by atoms with van der Waals surface area (Å²) in [6.07, 6.45) is 1.28. The fraction of sp³-hybridized carbons (Fsp3) is 0.370. The third-order valence-corrected chi connectivity index (χ3v) is 7.10. The van der Waals surface area contributed by atoms with E-state index in [2.05, 4.69) is 29.2 Å². The van der Waals surface area contributed by atoms with Crippen molar-refractivity contribution in [2.45, 2.75) is 37.7 Å². The number of hydrogen-bond donors (Lipinski definition) is 1. The first-order valence-electron chi connectivity index (χ1n) is 12.0. The molecule has 0 radical (unpaired) electrons. The van der Waals surface area contributed by atoms with Crippen LogP contribution in [0.3, 0.4) is 0 Å². The lowest BCUT2D eigenvalue weighted by Gasteiger charge is -2.19. The lowest BCUT2D eigenvalue weighted by atomic mass is 9.98. The molecule has 9 nitrogen and oxygen atoms in total. The van der Waals surface area contributed by atoms with Crippen LogP contribution in [0.5, 0.6) is 0 Å². The first-order chi connectivity index (χ1) is 18.0. The summed E-state index contributed by atoms with van der Waals surface area (Å²) in [5, 5.41) is 0. The van der Waals surface area contributed by atoms with Crippen molar-refractivity contribution in [2.75, 3.05) is 25.4 Å². The Hall–Kier alpha value is -3.34. The van der Waals surface area contributed by atoms with Crippen molar-refractivity contribution in [1.82, 2.24) is 9.55 Å². The Kier molecular flexibility index (Phi) is 7.50. The highest BCUT2D eigenvalue weighted by Gasteiger charge is 2.39. The topological polar surface area (TPSA) is 109 Å². The summed E-state index contributed by atoms with van der Waals surface area (Å²) in [6.45, 7) is 1.67. The monoisotopic (exact) mass is 524 g/mol. The van der Waals surface area contributed by atoms with Crippen LogP contribution in [0.4, 0.5) is 4.79 Å². The van der Waals surface area contributed by atoms with Crippen LogP contribution in [0.15, 0.2) is 64.3 Å². The standard InChI is InChI=1S/C27H28N2O7S/c1-16-12-29(26(31)28-25(16)30)24-11-22(35-15-37-2)23(36-24)14-34-27(32)33-13-21-19-9-5-3-7-17(19)18-8-4-6-10-20(18)21/h3-10,12,21-24H,11,13-15H2,1-2H3,(H,28,30,31)/t22-,23+,24+/m0/s1. The Morgan fingerprint density at radius 2 is 1.70 bits per heavy atom. The highest BCUT2D eigenvalue weighted by Crippen LogP contribution is 2.44. The van der Waals surface area contributed by atoms with E-state index in [4.69, 9.17) is 18.9 Å². The van der Waals surface area contributed by atoms with E-state index in [-0.39, 0.29) is 19.1 Å². The second kappa shape index (κ2) is 11.0. The molecular formula is C27H28N2O7S. The zero-order valence-electron chi connectivity index (χ0n) is 20.5. The van der Waals surface area contributed by atoms with Gasteiger partial charge < -0.3 is 18.9 Å². The fourth-order valence-electron chi connectivity index (χ4n) is 4.93. The number of aromatic nitrogens is 2. The van der Waals surface area contributed by atoms with E-state index < -0.39 is 35.8 Å². The van der Waals surface area contributed by atoms with Gasteiger partial charge in [0.2, 0.25) is 0 Å². The van der Waals surface area contributed by atoms with Gasteiger partial charge in [-0.05, 0) is 35.4 Å². The normalized spacial score (nSPS) is 20.4. The minimum atomic E-state index is -0.797. The first-order valence-corrected chi connectivity index (χ1v) is 13.4. The number of carbonyl (C=O) groups excluding carboxylic acids is 1. The Bertz CT molecular complexity index is 1360. The van der Waals surface area contributed by atoms with Gasteiger partial charge in [0.25, 0.3) is 5.56 Å². The number of rotatable bonds is 8. The lowest BCUT2D eigenvalue weighted by molar-refractivity contribution is -0.0669. The molecule has 1 aromatic heterocycles. The van der Waals surface area contributed by atoms with E-state index in [0.29, 0.717) is 17.9 Å². The van der Waals surface area contributed by atoms with Crippen LogP contribution in [0.2, 0.25) is 0 Å². The van der Waals surface area contributed by atoms with E-state index in [1.807, 2.05) is 30.5 Å². The summed E-state index contributed by atoms with van der Waals surface area (Å²) < 4.78 is 24.2. The molecule has 1 saturated heterocycles. The Labute approximate surface area is 217 Å². The van der Waals surface area contributed by atoms with Crippen molar-refractivity contribution in [2.24, 2.45) is 0 Å². The average molecular weight is 525 g/mol. The first kappa shape index (κ1) is 25.3. The number of benzene rings is 2. The van der Waals surface area contributed by atoms with Gasteiger partial charge in [0.15, 0.2) is 0 Å². The molecular weight excluding hydrogens is 496 g/mol. The van der Waals surface area contributed by atoms with E-state index in [9.17, 15) is 14.4 Å². The molecule has 0 saturated carbocycles. The molecule has 3 aromatic rings. The highest BCUT2D eigenvalue weighted by molar-refractivity contribution is 7.98. The molecule has 3 atom stereocenters. The zero-order chi connectivity index (χ0) is 25.9. The minimum absolute atomic E-state index is 0.0694. The molecule has 2 heterocycles. The van der Waals surface area contributed by atoms with Crippen LogP contribution in [-0.2, 0) is 18.9 Å². The molecule has 0 spiro atoms. The summed E-state index contributed by atoms with van der Waals surface area (Å²) >= 11 is 1.50. The number of aromatic amines is 1. The average Bonchev–Trinajstić information content (AvgIpc) is 3.46. The molecule has 2 aliphatic rings. The quantitative estimate of drug-likeness (QED) is 0.350. The molecule has 10 heteroatoms. The highest BCUT2D eigenvalue weighted by atomic mass is 32.2. The smallest absolute Gasteiger partial charge is 0.433 e. The van der Waals surface area contributed by atoms with Crippen molar-refractivity contribution in [3.63, 3.8) is 0 Å². The molecule has 37 heavy (non-hydrogen) atoms. The van der Waals surface area contributed by atoms with Crippen molar-refractivity contribution in [1.29, 1.82) is 0 Å². The number of hydrogen-bond acceptors (Lipinski definition) is 8. The maximum Gasteiger partial charge on any atom is 0.508 e. The van der Waals surface area contributed by atoms with Crippen molar-refractivity contribution < 1.29 is 23.7 Å². The third-order valence-electron chi connectivity index (χ3n) is 6.73. The summed E-state index contributed by atoms with van der Waals surface area (Å²) in [7, 11) is 0. The van der Waals surface area contributed by atoms with Crippen LogP contribution >= 0.6 is 11.8 Å². The molecule has 0 unspecified atom stereocenters. The maximum absolute atomic E-state index is 12.5. The Morgan fingerprint density at radius 1 is 1.05 bits per heavy atom. The number of thioether (sulfide) groups is 1. The summed E-state index contributed by atoms with van der Waals surface area (Å²) in [6, 6.07) is 16.2. The summed E-state index contributed by atoms with van der Waals surface area (Å²) in [5.41, 5.74) is 3.91. The second-order valence-electron chi connectivity index (χ2n) is 9.05. The van der Waals surface area contributed by atoms with Crippen molar-refractivity contribution in [3.05, 3.63) is 92.3 Å². The van der Waals surface area contributed by atoms with E-state index in [1.54, 1.807) is 6.92 Å². The van der Waals surface area contributed by atoms with Crippen molar-refractivity contribution in [3.8, 4) is 11.1 Å². The zero-order valence-corrected chi connectivity index (χ0v) is 21.4. The van der Waals surface area contributed by atoms with Gasteiger partial charge in [-0.25, -0.2) is 9.59 Å². The van der Waals surface area contributed by atoms with E-state index in [0.717, 1.165) is 22.3 Å². The van der Waals surface area contributed by atoms with Gasteiger partial charge in [-0.1, -0.05) is 48.5 Å². The predicted molar refractivity (Wildman–Crippen MR) is 139 cm³/mol. The van der Waals surface area contributed by atoms with E-state index >= 15 is 0 Å². The maximum atomic E-state index is 12.5. The molecule has 1 aliphatic heterocycles. The summed E-state index contributed by atoms with van der Waals surface area (Å²) in [5.74, 6) is 0.349. The summed E-state index contributed by atoms with van der Waals surface area (Å²) in [4.78, 5) is 38.9. The van der Waals surface area contributed by atoms with Gasteiger partial charge in [0.05, 0.1) is 12.0 Å². The van der Waals surface area contributed by atoms with Gasteiger partial charge in [0.1, 0.15) is 25.5 Å². The fourth-order valence-corrected chi connectivity index (χ4v) is 5.25. The number of nitrogens with one attached hydrogen (secondary N) is 1. The largest absolute Gasteiger partial charge is 0.508 e. The molecule has 5 rings (SSSR count). The van der Waals surface area contributed by atoms with E-state index in [1.165, 1.54) is 22.5 Å². The number of aryl methyl sites for hydroxylation is 1. The van der Waals surface area contributed by atoms with Gasteiger partial charge >= 0.3 is 11.8 Å².